The second kappa shape index (κ2) is 4.96. The van der Waals surface area contributed by atoms with E-state index in [1.807, 2.05) is 24.3 Å². The van der Waals surface area contributed by atoms with Crippen molar-refractivity contribution in [1.82, 2.24) is 4.37 Å². The van der Waals surface area contributed by atoms with Gasteiger partial charge in [0.25, 0.3) is 0 Å². The maximum Gasteiger partial charge on any atom is 0.161 e. The Balaban J connectivity index is 1.95. The highest BCUT2D eigenvalue weighted by atomic mass is 32.1. The van der Waals surface area contributed by atoms with Gasteiger partial charge in [-0.1, -0.05) is 0 Å². The first-order chi connectivity index (χ1) is 8.86. The topological polar surface area (TPSA) is 57.4 Å². The highest BCUT2D eigenvalue weighted by Gasteiger charge is 2.12. The SMILES string of the molecule is NCc1cc(-c2ccc3c(c2)OCCCO3)ns1. The first kappa shape index (κ1) is 11.5. The molecule has 3 rings (SSSR count). The minimum atomic E-state index is 0.530. The van der Waals surface area contributed by atoms with Crippen LogP contribution in [-0.2, 0) is 6.54 Å². The Bertz CT molecular complexity index is 554. The zero-order valence-electron chi connectivity index (χ0n) is 9.89. The molecular weight excluding hydrogens is 248 g/mol. The molecule has 0 unspecified atom stereocenters. The molecule has 4 nitrogen and oxygen atoms in total. The number of rotatable bonds is 2. The highest BCUT2D eigenvalue weighted by molar-refractivity contribution is 7.06. The van der Waals surface area contributed by atoms with Crippen LogP contribution in [0.1, 0.15) is 11.3 Å². The predicted octanol–water partition coefficient (Wildman–Crippen LogP) is 2.43. The van der Waals surface area contributed by atoms with E-state index >= 15 is 0 Å². The van der Waals surface area contributed by atoms with Gasteiger partial charge in [0.05, 0.1) is 18.9 Å². The molecule has 18 heavy (non-hydrogen) atoms. The van der Waals surface area contributed by atoms with E-state index in [1.165, 1.54) is 11.5 Å². The molecule has 1 aromatic carbocycles. The van der Waals surface area contributed by atoms with E-state index in [4.69, 9.17) is 15.2 Å². The molecule has 0 spiro atoms. The standard InChI is InChI=1S/C13H14N2O2S/c14-8-10-7-11(15-18-10)9-2-3-12-13(6-9)17-5-1-4-16-12/h2-3,6-7H,1,4-5,8,14H2. The molecule has 94 valence electrons. The Morgan fingerprint density at radius 3 is 2.78 bits per heavy atom. The van der Waals surface area contributed by atoms with Crippen molar-refractivity contribution < 1.29 is 9.47 Å². The first-order valence-corrected chi connectivity index (χ1v) is 6.70. The molecule has 2 N–H and O–H groups in total. The van der Waals surface area contributed by atoms with Crippen LogP contribution in [-0.4, -0.2) is 17.6 Å². The Kier molecular flexibility index (Phi) is 3.17. The Morgan fingerprint density at radius 1 is 1.17 bits per heavy atom. The lowest BCUT2D eigenvalue weighted by atomic mass is 10.1. The fourth-order valence-corrected chi connectivity index (χ4v) is 2.48. The number of nitrogens with zero attached hydrogens (tertiary/aromatic N) is 1. The van der Waals surface area contributed by atoms with Crippen LogP contribution in [0.5, 0.6) is 11.5 Å². The van der Waals surface area contributed by atoms with E-state index in [0.29, 0.717) is 19.8 Å². The smallest absolute Gasteiger partial charge is 0.161 e. The summed E-state index contributed by atoms with van der Waals surface area (Å²) in [4.78, 5) is 1.08. The van der Waals surface area contributed by atoms with Crippen molar-refractivity contribution in [1.29, 1.82) is 0 Å². The summed E-state index contributed by atoms with van der Waals surface area (Å²) in [5.74, 6) is 1.61. The lowest BCUT2D eigenvalue weighted by molar-refractivity contribution is 0.297. The van der Waals surface area contributed by atoms with Crippen LogP contribution in [0.15, 0.2) is 24.3 Å². The normalized spacial score (nSPS) is 14.3. The minimum Gasteiger partial charge on any atom is -0.490 e. The molecule has 0 saturated carbocycles. The summed E-state index contributed by atoms with van der Waals surface area (Å²) < 4.78 is 15.7. The number of aromatic nitrogens is 1. The fraction of sp³-hybridized carbons (Fsp3) is 0.308. The molecule has 0 aliphatic carbocycles. The lowest BCUT2D eigenvalue weighted by Gasteiger charge is -2.07. The number of ether oxygens (including phenoxy) is 2. The molecule has 2 aromatic rings. The Morgan fingerprint density at radius 2 is 2.00 bits per heavy atom. The van der Waals surface area contributed by atoms with Gasteiger partial charge in [-0.05, 0) is 35.8 Å². The van der Waals surface area contributed by atoms with Crippen LogP contribution in [0, 0.1) is 0 Å². The summed E-state index contributed by atoms with van der Waals surface area (Å²) in [6, 6.07) is 7.94. The molecule has 0 fully saturated rings. The van der Waals surface area contributed by atoms with Crippen LogP contribution in [0.2, 0.25) is 0 Å². The van der Waals surface area contributed by atoms with Crippen LogP contribution < -0.4 is 15.2 Å². The second-order valence-corrected chi connectivity index (χ2v) is 4.98. The van der Waals surface area contributed by atoms with Gasteiger partial charge in [-0.3, -0.25) is 0 Å². The molecular formula is C13H14N2O2S. The molecule has 5 heteroatoms. The highest BCUT2D eigenvalue weighted by Crippen LogP contribution is 2.34. The molecule has 1 aliphatic rings. The average molecular weight is 262 g/mol. The quantitative estimate of drug-likeness (QED) is 0.903. The summed E-state index contributed by atoms with van der Waals surface area (Å²) in [5, 5.41) is 0. The van der Waals surface area contributed by atoms with Crippen molar-refractivity contribution in [2.24, 2.45) is 5.73 Å². The third-order valence-electron chi connectivity index (χ3n) is 2.80. The average Bonchev–Trinajstić information content (AvgIpc) is 2.76. The van der Waals surface area contributed by atoms with Gasteiger partial charge in [0, 0.05) is 23.4 Å². The molecule has 0 atom stereocenters. The molecule has 2 heterocycles. The predicted molar refractivity (Wildman–Crippen MR) is 71.0 cm³/mol. The maximum atomic E-state index is 5.67. The van der Waals surface area contributed by atoms with Crippen molar-refractivity contribution in [3.63, 3.8) is 0 Å². The van der Waals surface area contributed by atoms with Crippen LogP contribution >= 0.6 is 11.5 Å². The maximum absolute atomic E-state index is 5.67. The Hall–Kier alpha value is -1.59. The second-order valence-electron chi connectivity index (χ2n) is 4.09. The molecule has 0 amide bonds. The fourth-order valence-electron chi connectivity index (χ4n) is 1.87. The van der Waals surface area contributed by atoms with E-state index in [9.17, 15) is 0 Å². The van der Waals surface area contributed by atoms with Gasteiger partial charge < -0.3 is 15.2 Å². The van der Waals surface area contributed by atoms with E-state index in [0.717, 1.165) is 34.1 Å². The van der Waals surface area contributed by atoms with Gasteiger partial charge in [0.15, 0.2) is 11.5 Å². The number of nitrogens with two attached hydrogens (primary N) is 1. The largest absolute Gasteiger partial charge is 0.490 e. The zero-order chi connectivity index (χ0) is 12.4. The third kappa shape index (κ3) is 2.19. The summed E-state index contributed by atoms with van der Waals surface area (Å²) in [5.41, 5.74) is 7.58. The minimum absolute atomic E-state index is 0.530. The zero-order valence-corrected chi connectivity index (χ0v) is 10.7. The van der Waals surface area contributed by atoms with Gasteiger partial charge >= 0.3 is 0 Å². The van der Waals surface area contributed by atoms with Crippen molar-refractivity contribution in [2.45, 2.75) is 13.0 Å². The van der Waals surface area contributed by atoms with E-state index in [2.05, 4.69) is 4.37 Å². The van der Waals surface area contributed by atoms with Gasteiger partial charge in [-0.2, -0.15) is 4.37 Å². The summed E-state index contributed by atoms with van der Waals surface area (Å²) in [6.45, 7) is 1.93. The van der Waals surface area contributed by atoms with Crippen LogP contribution in [0.3, 0.4) is 0 Å². The molecule has 0 bridgehead atoms. The number of fused-ring (bicyclic) bond motifs is 1. The number of hydrogen-bond acceptors (Lipinski definition) is 5. The van der Waals surface area contributed by atoms with Crippen molar-refractivity contribution in [3.05, 3.63) is 29.1 Å². The van der Waals surface area contributed by atoms with Gasteiger partial charge in [-0.25, -0.2) is 0 Å². The molecule has 0 radical (unpaired) electrons. The van der Waals surface area contributed by atoms with Crippen LogP contribution in [0.4, 0.5) is 0 Å². The molecule has 1 aromatic heterocycles. The third-order valence-corrected chi connectivity index (χ3v) is 3.61. The number of hydrogen-bond donors (Lipinski definition) is 1. The van der Waals surface area contributed by atoms with Crippen molar-refractivity contribution >= 4 is 11.5 Å². The van der Waals surface area contributed by atoms with E-state index < -0.39 is 0 Å². The van der Waals surface area contributed by atoms with Crippen molar-refractivity contribution in [3.8, 4) is 22.8 Å². The molecule has 1 aliphatic heterocycles. The van der Waals surface area contributed by atoms with Crippen LogP contribution in [0.25, 0.3) is 11.3 Å². The Labute approximate surface area is 110 Å². The summed E-state index contributed by atoms with van der Waals surface area (Å²) >= 11 is 1.44. The lowest BCUT2D eigenvalue weighted by Crippen LogP contribution is -1.97. The summed E-state index contributed by atoms with van der Waals surface area (Å²) in [7, 11) is 0. The van der Waals surface area contributed by atoms with Gasteiger partial charge in [-0.15, -0.1) is 0 Å². The van der Waals surface area contributed by atoms with E-state index in [-0.39, 0.29) is 0 Å². The van der Waals surface area contributed by atoms with E-state index in [1.54, 1.807) is 0 Å². The van der Waals surface area contributed by atoms with Gasteiger partial charge in [0.2, 0.25) is 0 Å². The summed E-state index contributed by atoms with van der Waals surface area (Å²) in [6.07, 6.45) is 0.915. The first-order valence-electron chi connectivity index (χ1n) is 5.92. The van der Waals surface area contributed by atoms with Crippen molar-refractivity contribution in [2.75, 3.05) is 13.2 Å². The number of benzene rings is 1. The van der Waals surface area contributed by atoms with Gasteiger partial charge in [0.1, 0.15) is 0 Å². The molecule has 0 saturated heterocycles. The monoisotopic (exact) mass is 262 g/mol.